The van der Waals surface area contributed by atoms with Crippen LogP contribution in [0.1, 0.15) is 41.4 Å². The third-order valence-electron chi connectivity index (χ3n) is 5.67. The van der Waals surface area contributed by atoms with Gasteiger partial charge < -0.3 is 9.73 Å². The Hall–Kier alpha value is -3.62. The lowest BCUT2D eigenvalue weighted by atomic mass is 9.88. The molecule has 3 heterocycles. The number of hydrogen-bond donors (Lipinski definition) is 1. The summed E-state index contributed by atoms with van der Waals surface area (Å²) in [7, 11) is 0. The number of benzene rings is 2. The van der Waals surface area contributed by atoms with E-state index in [0.717, 1.165) is 29.4 Å². The first-order valence-electron chi connectivity index (χ1n) is 10.3. The van der Waals surface area contributed by atoms with E-state index in [1.165, 1.54) is 18.5 Å². The second kappa shape index (κ2) is 7.81. The number of nitrogens with one attached hydrogen (secondary N) is 1. The van der Waals surface area contributed by atoms with E-state index in [1.807, 2.05) is 31.2 Å². The van der Waals surface area contributed by atoms with E-state index in [2.05, 4.69) is 20.4 Å². The molecule has 1 N–H and O–H groups in total. The standard InChI is InChI=1S/C23H20F3N5O/c1-14-20(32-13-27-14)15-8-10-16(11-9-15)28-22-29-21-18(6-4-12-31(21)30-22)17-5-2-3-7-19(17)23(24,25)26/h2-3,5,7-11,13,18H,4,6,12H2,1H3,(H,28,30). The van der Waals surface area contributed by atoms with Gasteiger partial charge in [-0.3, -0.25) is 0 Å². The van der Waals surface area contributed by atoms with Crippen molar-refractivity contribution in [2.45, 2.75) is 38.4 Å². The highest BCUT2D eigenvalue weighted by Gasteiger charge is 2.37. The van der Waals surface area contributed by atoms with Gasteiger partial charge in [0.05, 0.1) is 11.3 Å². The molecule has 0 amide bonds. The first-order chi connectivity index (χ1) is 15.4. The van der Waals surface area contributed by atoms with E-state index < -0.39 is 17.7 Å². The second-order valence-electron chi connectivity index (χ2n) is 7.77. The molecule has 1 aliphatic rings. The van der Waals surface area contributed by atoms with Gasteiger partial charge in [-0.25, -0.2) is 9.67 Å². The molecule has 1 unspecified atom stereocenters. The van der Waals surface area contributed by atoms with E-state index in [0.29, 0.717) is 30.5 Å². The molecule has 5 rings (SSSR count). The first-order valence-corrected chi connectivity index (χ1v) is 10.3. The first kappa shape index (κ1) is 20.3. The molecule has 2 aromatic carbocycles. The summed E-state index contributed by atoms with van der Waals surface area (Å²) in [6.45, 7) is 2.50. The van der Waals surface area contributed by atoms with Crippen molar-refractivity contribution in [1.29, 1.82) is 0 Å². The van der Waals surface area contributed by atoms with Gasteiger partial charge in [-0.15, -0.1) is 5.10 Å². The molecule has 32 heavy (non-hydrogen) atoms. The molecule has 0 fully saturated rings. The van der Waals surface area contributed by atoms with Crippen LogP contribution in [0.5, 0.6) is 0 Å². The summed E-state index contributed by atoms with van der Waals surface area (Å²) in [5.41, 5.74) is 2.09. The number of halogens is 3. The van der Waals surface area contributed by atoms with Crippen molar-refractivity contribution in [3.8, 4) is 11.3 Å². The highest BCUT2D eigenvalue weighted by molar-refractivity contribution is 5.64. The third kappa shape index (κ3) is 3.74. The van der Waals surface area contributed by atoms with E-state index in [-0.39, 0.29) is 5.56 Å². The predicted molar refractivity (Wildman–Crippen MR) is 113 cm³/mol. The normalized spacial score (nSPS) is 16.1. The van der Waals surface area contributed by atoms with Crippen LogP contribution in [0.15, 0.2) is 59.3 Å². The Morgan fingerprint density at radius 3 is 2.59 bits per heavy atom. The zero-order chi connectivity index (χ0) is 22.3. The molecule has 6 nitrogen and oxygen atoms in total. The van der Waals surface area contributed by atoms with Gasteiger partial charge in [0.2, 0.25) is 5.95 Å². The molecular formula is C23H20F3N5O. The van der Waals surface area contributed by atoms with Crippen molar-refractivity contribution in [2.75, 3.05) is 5.32 Å². The number of aryl methyl sites for hydroxylation is 2. The van der Waals surface area contributed by atoms with E-state index in [1.54, 1.807) is 10.7 Å². The minimum atomic E-state index is -4.41. The van der Waals surface area contributed by atoms with Crippen LogP contribution in [0, 0.1) is 6.92 Å². The molecule has 9 heteroatoms. The molecule has 2 aromatic heterocycles. The number of hydrogen-bond acceptors (Lipinski definition) is 5. The van der Waals surface area contributed by atoms with Crippen molar-refractivity contribution >= 4 is 11.6 Å². The van der Waals surface area contributed by atoms with Crippen LogP contribution in [0.2, 0.25) is 0 Å². The SMILES string of the molecule is Cc1ncoc1-c1ccc(Nc2nc3n(n2)CCCC3c2ccccc2C(F)(F)F)cc1. The zero-order valence-electron chi connectivity index (χ0n) is 17.2. The summed E-state index contributed by atoms with van der Waals surface area (Å²) in [6.07, 6.45) is -1.68. The van der Waals surface area contributed by atoms with E-state index >= 15 is 0 Å². The number of alkyl halides is 3. The van der Waals surface area contributed by atoms with Gasteiger partial charge in [-0.2, -0.15) is 18.2 Å². The fourth-order valence-corrected chi connectivity index (χ4v) is 4.17. The van der Waals surface area contributed by atoms with Crippen LogP contribution < -0.4 is 5.32 Å². The fourth-order valence-electron chi connectivity index (χ4n) is 4.17. The minimum absolute atomic E-state index is 0.242. The summed E-state index contributed by atoms with van der Waals surface area (Å²) in [5, 5.41) is 7.64. The monoisotopic (exact) mass is 439 g/mol. The van der Waals surface area contributed by atoms with Gasteiger partial charge in [0.25, 0.3) is 0 Å². The molecule has 0 saturated carbocycles. The van der Waals surface area contributed by atoms with Crippen LogP contribution >= 0.6 is 0 Å². The summed E-state index contributed by atoms with van der Waals surface area (Å²) in [4.78, 5) is 8.66. The maximum absolute atomic E-state index is 13.6. The van der Waals surface area contributed by atoms with Crippen molar-refractivity contribution < 1.29 is 17.6 Å². The lowest BCUT2D eigenvalue weighted by Crippen LogP contribution is -2.21. The Balaban J connectivity index is 1.42. The van der Waals surface area contributed by atoms with Crippen molar-refractivity contribution in [1.82, 2.24) is 19.7 Å². The Bertz CT molecular complexity index is 1240. The van der Waals surface area contributed by atoms with E-state index in [4.69, 9.17) is 4.42 Å². The Morgan fingerprint density at radius 2 is 1.88 bits per heavy atom. The molecular weight excluding hydrogens is 419 g/mol. The van der Waals surface area contributed by atoms with Gasteiger partial charge >= 0.3 is 6.18 Å². The topological polar surface area (TPSA) is 68.8 Å². The fraction of sp³-hybridized carbons (Fsp3) is 0.261. The summed E-state index contributed by atoms with van der Waals surface area (Å²) in [5.74, 6) is 1.16. The lowest BCUT2D eigenvalue weighted by Gasteiger charge is -2.25. The number of oxazole rings is 1. The molecule has 0 radical (unpaired) electrons. The van der Waals surface area contributed by atoms with Crippen LogP contribution in [0.3, 0.4) is 0 Å². The molecule has 1 aliphatic heterocycles. The molecule has 0 saturated heterocycles. The summed E-state index contributed by atoms with van der Waals surface area (Å²) in [6, 6.07) is 13.2. The van der Waals surface area contributed by atoms with Gasteiger partial charge in [0.15, 0.2) is 12.2 Å². The molecule has 1 atom stereocenters. The lowest BCUT2D eigenvalue weighted by molar-refractivity contribution is -0.138. The smallest absolute Gasteiger partial charge is 0.416 e. The second-order valence-corrected chi connectivity index (χ2v) is 7.77. The molecule has 164 valence electrons. The highest BCUT2D eigenvalue weighted by Crippen LogP contribution is 2.40. The van der Waals surface area contributed by atoms with Crippen LogP contribution in [0.4, 0.5) is 24.8 Å². The average molecular weight is 439 g/mol. The highest BCUT2D eigenvalue weighted by atomic mass is 19.4. The van der Waals surface area contributed by atoms with Crippen molar-refractivity contribution in [3.05, 3.63) is 77.6 Å². The molecule has 0 aliphatic carbocycles. The maximum Gasteiger partial charge on any atom is 0.416 e. The van der Waals surface area contributed by atoms with Crippen LogP contribution in [-0.2, 0) is 12.7 Å². The molecule has 4 aromatic rings. The Labute approximate surface area is 182 Å². The van der Waals surface area contributed by atoms with Crippen LogP contribution in [-0.4, -0.2) is 19.7 Å². The van der Waals surface area contributed by atoms with Crippen molar-refractivity contribution in [3.63, 3.8) is 0 Å². The number of rotatable bonds is 4. The minimum Gasteiger partial charge on any atom is -0.443 e. The van der Waals surface area contributed by atoms with Gasteiger partial charge in [0, 0.05) is 23.7 Å². The summed E-state index contributed by atoms with van der Waals surface area (Å²) >= 11 is 0. The summed E-state index contributed by atoms with van der Waals surface area (Å²) < 4.78 is 47.8. The van der Waals surface area contributed by atoms with Gasteiger partial charge in [-0.05, 0) is 55.7 Å². The van der Waals surface area contributed by atoms with Crippen molar-refractivity contribution in [2.24, 2.45) is 0 Å². The number of nitrogens with zero attached hydrogens (tertiary/aromatic N) is 4. The average Bonchev–Trinajstić information content (AvgIpc) is 3.39. The van der Waals surface area contributed by atoms with Gasteiger partial charge in [-0.1, -0.05) is 18.2 Å². The van der Waals surface area contributed by atoms with Gasteiger partial charge in [0.1, 0.15) is 5.82 Å². The predicted octanol–water partition coefficient (Wildman–Crippen LogP) is 5.93. The molecule has 0 spiro atoms. The number of anilines is 2. The third-order valence-corrected chi connectivity index (χ3v) is 5.67. The quantitative estimate of drug-likeness (QED) is 0.427. The number of fused-ring (bicyclic) bond motifs is 1. The number of aromatic nitrogens is 4. The van der Waals surface area contributed by atoms with E-state index in [9.17, 15) is 13.2 Å². The Kier molecular flexibility index (Phi) is 4.96. The Morgan fingerprint density at radius 1 is 1.09 bits per heavy atom. The van der Waals surface area contributed by atoms with Crippen LogP contribution in [0.25, 0.3) is 11.3 Å². The maximum atomic E-state index is 13.6. The largest absolute Gasteiger partial charge is 0.443 e. The molecule has 0 bridgehead atoms. The zero-order valence-corrected chi connectivity index (χ0v) is 17.2.